The molecule has 1 saturated heterocycles. The Kier molecular flexibility index (Phi) is 12.2. The third-order valence-corrected chi connectivity index (χ3v) is 10.1. The van der Waals surface area contributed by atoms with Gasteiger partial charge in [0.25, 0.3) is 0 Å². The fourth-order valence-electron chi connectivity index (χ4n) is 6.95. The van der Waals surface area contributed by atoms with Gasteiger partial charge in [-0.1, -0.05) is 76.0 Å². The fraction of sp³-hybridized carbons (Fsp3) is 0.381. The normalized spacial score (nSPS) is 17.4. The predicted octanol–water partition coefficient (Wildman–Crippen LogP) is 5.73. The second-order valence-corrected chi connectivity index (χ2v) is 14.5. The van der Waals surface area contributed by atoms with Crippen molar-refractivity contribution in [3.63, 3.8) is 0 Å². The Hall–Kier alpha value is -6.36. The molecule has 14 heteroatoms. The summed E-state index contributed by atoms with van der Waals surface area (Å²) < 4.78 is 9.47. The number of nitrogens with zero attached hydrogens (tertiary/aromatic N) is 4. The van der Waals surface area contributed by atoms with Gasteiger partial charge >= 0.3 is 12.2 Å². The van der Waals surface area contributed by atoms with Gasteiger partial charge in [0.05, 0.1) is 44.0 Å². The second-order valence-electron chi connectivity index (χ2n) is 14.5. The lowest BCUT2D eigenvalue weighted by Gasteiger charge is -2.30. The minimum Gasteiger partial charge on any atom is -0.453 e. The number of aromatic nitrogens is 4. The molecule has 2 aliphatic rings. The summed E-state index contributed by atoms with van der Waals surface area (Å²) in [5.41, 5.74) is 5.21. The van der Waals surface area contributed by atoms with Crippen molar-refractivity contribution in [3.8, 4) is 34.4 Å². The SMILES string of the molecule is COC(=O)N[C@H](C(=O)N1CC=C[C@H]1c1ncc(-c2ccc(C#Cc3ccc(-c4cnc([C@@H]5CCCN5C(=O)[C@@H](NC(=O)OC)C(C)C)[nH]4)cc3)cc2)[nH]1)C(C)C. The lowest BCUT2D eigenvalue weighted by molar-refractivity contribution is -0.136. The average molecular weight is 761 g/mol. The van der Waals surface area contributed by atoms with Crippen molar-refractivity contribution in [1.82, 2.24) is 40.4 Å². The van der Waals surface area contributed by atoms with Crippen LogP contribution in [0.15, 0.2) is 73.1 Å². The molecule has 0 bridgehead atoms. The molecule has 14 nitrogen and oxygen atoms in total. The van der Waals surface area contributed by atoms with Gasteiger partial charge in [0, 0.05) is 24.2 Å². The molecular formula is C42H48N8O6. The molecule has 4 N–H and O–H groups in total. The number of rotatable bonds is 10. The molecule has 292 valence electrons. The third kappa shape index (κ3) is 8.78. The van der Waals surface area contributed by atoms with Crippen molar-refractivity contribution in [3.05, 3.63) is 95.9 Å². The van der Waals surface area contributed by atoms with Gasteiger partial charge in [0.2, 0.25) is 11.8 Å². The molecule has 0 spiro atoms. The van der Waals surface area contributed by atoms with Crippen LogP contribution in [0.4, 0.5) is 9.59 Å². The van der Waals surface area contributed by atoms with Crippen LogP contribution in [0.25, 0.3) is 22.5 Å². The number of likely N-dealkylation sites (tertiary alicyclic amines) is 1. The Labute approximate surface area is 326 Å². The second kappa shape index (κ2) is 17.4. The topological polar surface area (TPSA) is 175 Å². The molecular weight excluding hydrogens is 713 g/mol. The maximum Gasteiger partial charge on any atom is 0.407 e. The Morgan fingerprint density at radius 2 is 1.21 bits per heavy atom. The standard InChI is InChI=1S/C42H48N8O6/c1-25(2)35(47-41(53)55-5)39(51)49-21-7-9-33(49)37-43-23-31(45-37)29-17-13-27(14-18-29)11-12-28-15-19-30(20-16-28)32-24-44-38(46-32)34-10-8-22-50(34)40(52)36(26(3)4)48-42(54)56-6/h7,9,13-20,23-26,33-36H,8,10,21-22H2,1-6H3,(H,43,45)(H,44,46)(H,47,53)(H,48,54)/t33-,34-,35-,36-/m0/s1. The Morgan fingerprint density at radius 1 is 0.732 bits per heavy atom. The summed E-state index contributed by atoms with van der Waals surface area (Å²) in [5.74, 6) is 7.21. The zero-order valence-corrected chi connectivity index (χ0v) is 32.5. The van der Waals surface area contributed by atoms with Gasteiger partial charge in [0.15, 0.2) is 0 Å². The molecule has 56 heavy (non-hydrogen) atoms. The quantitative estimate of drug-likeness (QED) is 0.117. The van der Waals surface area contributed by atoms with Crippen molar-refractivity contribution in [2.75, 3.05) is 27.3 Å². The number of H-pyrrole nitrogens is 2. The van der Waals surface area contributed by atoms with E-state index in [0.29, 0.717) is 24.7 Å². The largest absolute Gasteiger partial charge is 0.453 e. The molecule has 0 aliphatic carbocycles. The maximum absolute atomic E-state index is 13.5. The predicted molar refractivity (Wildman–Crippen MR) is 210 cm³/mol. The molecule has 4 heterocycles. The number of nitrogens with one attached hydrogen (secondary N) is 4. The van der Waals surface area contributed by atoms with Crippen LogP contribution in [-0.2, 0) is 19.1 Å². The first-order chi connectivity index (χ1) is 27.0. The zero-order valence-electron chi connectivity index (χ0n) is 32.5. The first-order valence-electron chi connectivity index (χ1n) is 18.8. The van der Waals surface area contributed by atoms with Crippen molar-refractivity contribution in [1.29, 1.82) is 0 Å². The number of carbonyl (C=O) groups excluding carboxylic acids is 4. The molecule has 6 rings (SSSR count). The lowest BCUT2D eigenvalue weighted by atomic mass is 10.0. The van der Waals surface area contributed by atoms with E-state index in [4.69, 9.17) is 9.47 Å². The van der Waals surface area contributed by atoms with Crippen LogP contribution < -0.4 is 10.6 Å². The Balaban J connectivity index is 1.08. The monoisotopic (exact) mass is 760 g/mol. The van der Waals surface area contributed by atoms with Gasteiger partial charge in [-0.15, -0.1) is 0 Å². The first kappa shape index (κ1) is 39.3. The highest BCUT2D eigenvalue weighted by Gasteiger charge is 2.38. The summed E-state index contributed by atoms with van der Waals surface area (Å²) in [5, 5.41) is 5.34. The minimum absolute atomic E-state index is 0.108. The highest BCUT2D eigenvalue weighted by Crippen LogP contribution is 2.33. The zero-order chi connectivity index (χ0) is 39.9. The average Bonchev–Trinajstić information content (AvgIpc) is 4.04. The third-order valence-electron chi connectivity index (χ3n) is 10.1. The highest BCUT2D eigenvalue weighted by molar-refractivity contribution is 5.87. The van der Waals surface area contributed by atoms with E-state index in [1.807, 2.05) is 88.4 Å². The van der Waals surface area contributed by atoms with E-state index >= 15 is 0 Å². The van der Waals surface area contributed by atoms with Gasteiger partial charge in [0.1, 0.15) is 29.8 Å². The van der Waals surface area contributed by atoms with E-state index in [2.05, 4.69) is 42.4 Å². The van der Waals surface area contributed by atoms with Gasteiger partial charge in [-0.3, -0.25) is 9.59 Å². The number of benzene rings is 2. The maximum atomic E-state index is 13.5. The Morgan fingerprint density at radius 3 is 1.71 bits per heavy atom. The van der Waals surface area contributed by atoms with Gasteiger partial charge < -0.3 is 39.9 Å². The molecule has 2 aromatic carbocycles. The Bertz CT molecular complexity index is 2130. The van der Waals surface area contributed by atoms with Gasteiger partial charge in [-0.25, -0.2) is 19.6 Å². The van der Waals surface area contributed by atoms with Crippen LogP contribution in [0.2, 0.25) is 0 Å². The number of hydrogen-bond donors (Lipinski definition) is 4. The fourth-order valence-corrected chi connectivity index (χ4v) is 6.95. The lowest BCUT2D eigenvalue weighted by Crippen LogP contribution is -2.51. The van der Waals surface area contributed by atoms with E-state index in [9.17, 15) is 19.2 Å². The van der Waals surface area contributed by atoms with Crippen molar-refractivity contribution in [2.24, 2.45) is 11.8 Å². The van der Waals surface area contributed by atoms with E-state index in [-0.39, 0.29) is 29.7 Å². The van der Waals surface area contributed by atoms with Crippen molar-refractivity contribution in [2.45, 2.75) is 64.7 Å². The molecule has 1 fully saturated rings. The summed E-state index contributed by atoms with van der Waals surface area (Å²) in [7, 11) is 2.56. The van der Waals surface area contributed by atoms with E-state index < -0.39 is 30.3 Å². The van der Waals surface area contributed by atoms with E-state index in [1.54, 1.807) is 22.2 Å². The number of ether oxygens (including phenoxy) is 2. The van der Waals surface area contributed by atoms with Crippen LogP contribution in [0.5, 0.6) is 0 Å². The number of alkyl carbamates (subject to hydrolysis) is 2. The summed E-state index contributed by atoms with van der Waals surface area (Å²) in [6.45, 7) is 8.54. The first-order valence-corrected chi connectivity index (χ1v) is 18.8. The molecule has 0 unspecified atom stereocenters. The van der Waals surface area contributed by atoms with Gasteiger partial charge in [-0.05, 0) is 60.1 Å². The number of imidazole rings is 2. The van der Waals surface area contributed by atoms with Crippen LogP contribution in [0, 0.1) is 23.7 Å². The van der Waals surface area contributed by atoms with E-state index in [0.717, 1.165) is 46.5 Å². The van der Waals surface area contributed by atoms with Crippen molar-refractivity contribution >= 4 is 24.0 Å². The summed E-state index contributed by atoms with van der Waals surface area (Å²) in [4.78, 5) is 70.2. The number of amides is 4. The number of methoxy groups -OCH3 is 2. The molecule has 0 radical (unpaired) electrons. The molecule has 4 aromatic rings. The molecule has 2 aromatic heterocycles. The van der Waals surface area contributed by atoms with Crippen LogP contribution in [0.1, 0.15) is 75.4 Å². The molecule has 0 saturated carbocycles. The minimum atomic E-state index is -0.730. The molecule has 4 amide bonds. The van der Waals surface area contributed by atoms with E-state index in [1.165, 1.54) is 14.2 Å². The van der Waals surface area contributed by atoms with Crippen LogP contribution >= 0.6 is 0 Å². The van der Waals surface area contributed by atoms with Gasteiger partial charge in [-0.2, -0.15) is 0 Å². The summed E-state index contributed by atoms with van der Waals surface area (Å²) >= 11 is 0. The highest BCUT2D eigenvalue weighted by atomic mass is 16.5. The molecule has 4 atom stereocenters. The smallest absolute Gasteiger partial charge is 0.407 e. The van der Waals surface area contributed by atoms with Crippen molar-refractivity contribution < 1.29 is 28.7 Å². The number of carbonyl (C=O) groups is 4. The van der Waals surface area contributed by atoms with Crippen LogP contribution in [-0.4, -0.2) is 93.1 Å². The molecule has 2 aliphatic heterocycles. The number of aromatic amines is 2. The number of hydrogen-bond acceptors (Lipinski definition) is 8. The van der Waals surface area contributed by atoms with Crippen LogP contribution in [0.3, 0.4) is 0 Å². The summed E-state index contributed by atoms with van der Waals surface area (Å²) in [6.07, 6.45) is 7.71. The summed E-state index contributed by atoms with van der Waals surface area (Å²) in [6, 6.07) is 13.7.